The van der Waals surface area contributed by atoms with Crippen LogP contribution in [0.1, 0.15) is 24.8 Å². The van der Waals surface area contributed by atoms with Crippen LogP contribution >= 0.6 is 0 Å². The van der Waals surface area contributed by atoms with Gasteiger partial charge in [0.2, 0.25) is 0 Å². The van der Waals surface area contributed by atoms with Gasteiger partial charge in [-0.25, -0.2) is 0 Å². The number of nitrogens with zero attached hydrogens (tertiary/aromatic N) is 1. The number of hydrogen-bond donors (Lipinski definition) is 3. The van der Waals surface area contributed by atoms with Crippen molar-refractivity contribution in [2.45, 2.75) is 25.4 Å². The predicted octanol–water partition coefficient (Wildman–Crippen LogP) is 1.08. The minimum absolute atomic E-state index is 0.233. The summed E-state index contributed by atoms with van der Waals surface area (Å²) in [7, 11) is 1.65. The van der Waals surface area contributed by atoms with E-state index >= 15 is 0 Å². The van der Waals surface area contributed by atoms with Gasteiger partial charge in [-0.1, -0.05) is 30.3 Å². The molecule has 1 aromatic carbocycles. The first-order valence-electron chi connectivity index (χ1n) is 5.82. The molecule has 4 nitrogen and oxygen atoms in total. The van der Waals surface area contributed by atoms with Crippen molar-refractivity contribution >= 4 is 5.96 Å². The molecule has 0 aliphatic heterocycles. The van der Waals surface area contributed by atoms with Crippen LogP contribution in [0.5, 0.6) is 0 Å². The Kier molecular flexibility index (Phi) is 5.49. The van der Waals surface area contributed by atoms with Crippen molar-refractivity contribution in [3.8, 4) is 0 Å². The topological polar surface area (TPSA) is 70.6 Å². The molecule has 0 spiro atoms. The average molecular weight is 235 g/mol. The smallest absolute Gasteiger partial charge is 0.188 e. The summed E-state index contributed by atoms with van der Waals surface area (Å²) in [5, 5.41) is 12.6. The molecule has 0 radical (unpaired) electrons. The highest BCUT2D eigenvalue weighted by Gasteiger charge is 2.14. The lowest BCUT2D eigenvalue weighted by Gasteiger charge is -2.19. The monoisotopic (exact) mass is 235 g/mol. The molecule has 4 heteroatoms. The molecule has 17 heavy (non-hydrogen) atoms. The third-order valence-corrected chi connectivity index (χ3v) is 2.67. The molecule has 1 aromatic rings. The van der Waals surface area contributed by atoms with Crippen LogP contribution in [0, 0.1) is 0 Å². The zero-order chi connectivity index (χ0) is 12.7. The number of aliphatic hydroxyl groups is 1. The van der Waals surface area contributed by atoms with E-state index in [4.69, 9.17) is 5.73 Å². The fourth-order valence-corrected chi connectivity index (χ4v) is 1.78. The molecule has 0 saturated heterocycles. The second-order valence-corrected chi connectivity index (χ2v) is 4.18. The van der Waals surface area contributed by atoms with Gasteiger partial charge in [-0.05, 0) is 18.9 Å². The summed E-state index contributed by atoms with van der Waals surface area (Å²) in [5.74, 6) is 0.660. The van der Waals surface area contributed by atoms with Gasteiger partial charge in [0.05, 0.1) is 6.10 Å². The standard InChI is InChI=1S/C13H21N3O/c1-10(17)8-12(9-16-13(14)15-2)11-6-4-3-5-7-11/h3-7,10,12,17H,8-9H2,1-2H3,(H3,14,15,16). The number of hydrogen-bond acceptors (Lipinski definition) is 2. The highest BCUT2D eigenvalue weighted by Crippen LogP contribution is 2.20. The second kappa shape index (κ2) is 6.91. The zero-order valence-electron chi connectivity index (χ0n) is 10.4. The minimum Gasteiger partial charge on any atom is -0.393 e. The minimum atomic E-state index is -0.332. The van der Waals surface area contributed by atoms with Crippen molar-refractivity contribution in [3.63, 3.8) is 0 Å². The molecule has 0 aliphatic rings. The Labute approximate surface area is 103 Å². The number of rotatable bonds is 5. The number of benzene rings is 1. The quantitative estimate of drug-likeness (QED) is 0.528. The summed E-state index contributed by atoms with van der Waals surface area (Å²) in [6, 6.07) is 10.1. The first kappa shape index (κ1) is 13.5. The molecular weight excluding hydrogens is 214 g/mol. The van der Waals surface area contributed by atoms with Gasteiger partial charge in [0.15, 0.2) is 5.96 Å². The van der Waals surface area contributed by atoms with E-state index in [0.29, 0.717) is 18.9 Å². The van der Waals surface area contributed by atoms with Gasteiger partial charge < -0.3 is 16.2 Å². The molecule has 0 saturated carbocycles. The van der Waals surface area contributed by atoms with Crippen LogP contribution in [0.3, 0.4) is 0 Å². The molecule has 0 bridgehead atoms. The van der Waals surface area contributed by atoms with Gasteiger partial charge in [0.1, 0.15) is 0 Å². The second-order valence-electron chi connectivity index (χ2n) is 4.18. The van der Waals surface area contributed by atoms with Crippen LogP contribution in [-0.2, 0) is 0 Å². The van der Waals surface area contributed by atoms with Gasteiger partial charge >= 0.3 is 0 Å². The van der Waals surface area contributed by atoms with Gasteiger partial charge in [-0.15, -0.1) is 0 Å². The van der Waals surface area contributed by atoms with Gasteiger partial charge in [0, 0.05) is 19.5 Å². The maximum absolute atomic E-state index is 9.52. The van der Waals surface area contributed by atoms with Gasteiger partial charge in [-0.3, -0.25) is 4.99 Å². The Bertz CT molecular complexity index is 349. The van der Waals surface area contributed by atoms with E-state index in [0.717, 1.165) is 0 Å². The predicted molar refractivity (Wildman–Crippen MR) is 71.0 cm³/mol. The van der Waals surface area contributed by atoms with Crippen molar-refractivity contribution < 1.29 is 5.11 Å². The Morgan fingerprint density at radius 3 is 2.59 bits per heavy atom. The fraction of sp³-hybridized carbons (Fsp3) is 0.462. The molecule has 0 fully saturated rings. The van der Waals surface area contributed by atoms with Gasteiger partial charge in [-0.2, -0.15) is 0 Å². The molecule has 4 N–H and O–H groups in total. The number of aliphatic hydroxyl groups excluding tert-OH is 1. The van der Waals surface area contributed by atoms with E-state index in [9.17, 15) is 5.11 Å². The summed E-state index contributed by atoms with van der Waals surface area (Å²) >= 11 is 0. The van der Waals surface area contributed by atoms with E-state index in [1.165, 1.54) is 5.56 Å². The van der Waals surface area contributed by atoms with Crippen LogP contribution in [0.25, 0.3) is 0 Å². The molecule has 2 unspecified atom stereocenters. The van der Waals surface area contributed by atoms with E-state index in [-0.39, 0.29) is 12.0 Å². The Morgan fingerprint density at radius 2 is 2.06 bits per heavy atom. The first-order chi connectivity index (χ1) is 8.13. The molecule has 0 amide bonds. The van der Waals surface area contributed by atoms with Crippen LogP contribution in [0.4, 0.5) is 0 Å². The highest BCUT2D eigenvalue weighted by atomic mass is 16.3. The van der Waals surface area contributed by atoms with Crippen molar-refractivity contribution in [1.82, 2.24) is 5.32 Å². The molecule has 0 aromatic heterocycles. The number of nitrogens with one attached hydrogen (secondary N) is 1. The first-order valence-corrected chi connectivity index (χ1v) is 5.82. The van der Waals surface area contributed by atoms with Gasteiger partial charge in [0.25, 0.3) is 0 Å². The molecule has 0 aliphatic carbocycles. The molecule has 2 atom stereocenters. The average Bonchev–Trinajstić information content (AvgIpc) is 2.34. The highest BCUT2D eigenvalue weighted by molar-refractivity contribution is 5.77. The number of guanidine groups is 1. The van der Waals surface area contributed by atoms with Crippen molar-refractivity contribution in [1.29, 1.82) is 0 Å². The number of aliphatic imine (C=N–C) groups is 1. The lowest BCUT2D eigenvalue weighted by molar-refractivity contribution is 0.174. The van der Waals surface area contributed by atoms with Crippen molar-refractivity contribution in [2.24, 2.45) is 10.7 Å². The summed E-state index contributed by atoms with van der Waals surface area (Å²) < 4.78 is 0. The molecule has 94 valence electrons. The van der Waals surface area contributed by atoms with E-state index in [1.54, 1.807) is 14.0 Å². The Morgan fingerprint density at radius 1 is 1.41 bits per heavy atom. The third kappa shape index (κ3) is 4.87. The van der Waals surface area contributed by atoms with E-state index < -0.39 is 0 Å². The lowest BCUT2D eigenvalue weighted by atomic mass is 9.93. The molecular formula is C13H21N3O. The lowest BCUT2D eigenvalue weighted by Crippen LogP contribution is -2.35. The SMILES string of the molecule is CN=C(N)NCC(CC(C)O)c1ccccc1. The molecule has 0 heterocycles. The van der Waals surface area contributed by atoms with Crippen molar-refractivity contribution in [2.75, 3.05) is 13.6 Å². The normalized spacial score (nSPS) is 15.4. The third-order valence-electron chi connectivity index (χ3n) is 2.67. The molecule has 1 rings (SSSR count). The largest absolute Gasteiger partial charge is 0.393 e. The Balaban J connectivity index is 2.67. The zero-order valence-corrected chi connectivity index (χ0v) is 10.4. The Hall–Kier alpha value is -1.55. The van der Waals surface area contributed by atoms with Crippen LogP contribution < -0.4 is 11.1 Å². The summed E-state index contributed by atoms with van der Waals surface area (Å²) in [4.78, 5) is 3.85. The fourth-order valence-electron chi connectivity index (χ4n) is 1.78. The maximum atomic E-state index is 9.52. The van der Waals surface area contributed by atoms with Crippen molar-refractivity contribution in [3.05, 3.63) is 35.9 Å². The van der Waals surface area contributed by atoms with Crippen LogP contribution in [-0.4, -0.2) is 30.8 Å². The van der Waals surface area contributed by atoms with E-state index in [1.807, 2.05) is 18.2 Å². The summed E-state index contributed by atoms with van der Waals surface area (Å²) in [6.07, 6.45) is 0.371. The number of nitrogens with two attached hydrogens (primary N) is 1. The summed E-state index contributed by atoms with van der Waals surface area (Å²) in [6.45, 7) is 2.48. The van der Waals surface area contributed by atoms with Crippen LogP contribution in [0.15, 0.2) is 35.3 Å². The maximum Gasteiger partial charge on any atom is 0.188 e. The van der Waals surface area contributed by atoms with E-state index in [2.05, 4.69) is 22.4 Å². The van der Waals surface area contributed by atoms with Crippen LogP contribution in [0.2, 0.25) is 0 Å². The summed E-state index contributed by atoms with van der Waals surface area (Å²) in [5.41, 5.74) is 6.81.